The van der Waals surface area contributed by atoms with Crippen molar-refractivity contribution in [2.75, 3.05) is 23.8 Å². The molecule has 4 aromatic rings. The second kappa shape index (κ2) is 10.5. The summed E-state index contributed by atoms with van der Waals surface area (Å²) in [6.07, 6.45) is -0.366. The summed E-state index contributed by atoms with van der Waals surface area (Å²) < 4.78 is 13.6. The fourth-order valence-corrected chi connectivity index (χ4v) is 5.16. The Morgan fingerprint density at radius 1 is 1.08 bits per heavy atom. The van der Waals surface area contributed by atoms with Gasteiger partial charge in [-0.25, -0.2) is 4.98 Å². The van der Waals surface area contributed by atoms with Crippen LogP contribution >= 0.6 is 11.8 Å². The van der Waals surface area contributed by atoms with E-state index in [1.54, 1.807) is 15.5 Å². The summed E-state index contributed by atoms with van der Waals surface area (Å²) in [7, 11) is 0. The van der Waals surface area contributed by atoms with Crippen LogP contribution in [-0.2, 0) is 11.3 Å². The molecule has 0 saturated carbocycles. The summed E-state index contributed by atoms with van der Waals surface area (Å²) in [5.74, 6) is 1.44. The van der Waals surface area contributed by atoms with Crippen molar-refractivity contribution in [1.29, 1.82) is 0 Å². The van der Waals surface area contributed by atoms with Crippen molar-refractivity contribution in [3.8, 4) is 11.5 Å². The van der Waals surface area contributed by atoms with Crippen LogP contribution < -0.4 is 19.9 Å². The number of amides is 1. The lowest BCUT2D eigenvalue weighted by atomic mass is 10.2. The minimum atomic E-state index is -0.366. The Morgan fingerprint density at radius 2 is 1.86 bits per heavy atom. The predicted octanol–water partition coefficient (Wildman–Crippen LogP) is 4.69. The van der Waals surface area contributed by atoms with Crippen molar-refractivity contribution >= 4 is 34.3 Å². The van der Waals surface area contributed by atoms with E-state index in [9.17, 15) is 9.59 Å². The van der Waals surface area contributed by atoms with Gasteiger partial charge in [-0.15, -0.1) is 0 Å². The molecule has 36 heavy (non-hydrogen) atoms. The molecule has 1 aliphatic heterocycles. The first-order valence-electron chi connectivity index (χ1n) is 11.9. The number of ether oxygens (including phenoxy) is 2. The van der Waals surface area contributed by atoms with E-state index in [0.29, 0.717) is 40.7 Å². The summed E-state index contributed by atoms with van der Waals surface area (Å²) in [5.41, 5.74) is 2.39. The lowest BCUT2D eigenvalue weighted by molar-refractivity contribution is -0.116. The van der Waals surface area contributed by atoms with Crippen LogP contribution in [0.3, 0.4) is 0 Å². The number of para-hydroxylation sites is 3. The Kier molecular flexibility index (Phi) is 6.95. The van der Waals surface area contributed by atoms with Crippen LogP contribution in [0.25, 0.3) is 10.9 Å². The first kappa shape index (κ1) is 23.9. The van der Waals surface area contributed by atoms with Gasteiger partial charge in [0.05, 0.1) is 23.2 Å². The smallest absolute Gasteiger partial charge is 0.262 e. The fraction of sp³-hybridized carbons (Fsp3) is 0.250. The first-order valence-corrected chi connectivity index (χ1v) is 12.9. The van der Waals surface area contributed by atoms with Crippen LogP contribution in [0, 0.1) is 6.92 Å². The molecule has 1 unspecified atom stereocenters. The maximum Gasteiger partial charge on any atom is 0.262 e. The molecule has 1 aromatic heterocycles. The molecule has 0 fully saturated rings. The van der Waals surface area contributed by atoms with Crippen molar-refractivity contribution in [2.24, 2.45) is 0 Å². The van der Waals surface area contributed by atoms with Crippen molar-refractivity contribution in [1.82, 2.24) is 9.55 Å². The van der Waals surface area contributed by atoms with Crippen molar-refractivity contribution in [3.63, 3.8) is 0 Å². The molecule has 7 nitrogen and oxygen atoms in total. The molecule has 184 valence electrons. The van der Waals surface area contributed by atoms with E-state index in [1.165, 1.54) is 11.8 Å². The van der Waals surface area contributed by atoms with Gasteiger partial charge in [-0.2, -0.15) is 0 Å². The molecule has 3 aromatic carbocycles. The van der Waals surface area contributed by atoms with Gasteiger partial charge in [0.25, 0.3) is 5.56 Å². The molecule has 0 saturated heterocycles. The van der Waals surface area contributed by atoms with E-state index >= 15 is 0 Å². The molecule has 8 heteroatoms. The monoisotopic (exact) mass is 501 g/mol. The summed E-state index contributed by atoms with van der Waals surface area (Å²) in [6, 6.07) is 22.6. The minimum Gasteiger partial charge on any atom is -0.486 e. The predicted molar refractivity (Wildman–Crippen MR) is 142 cm³/mol. The molecule has 0 radical (unpaired) electrons. The highest BCUT2D eigenvalue weighted by molar-refractivity contribution is 7.99. The average Bonchev–Trinajstić information content (AvgIpc) is 2.90. The molecule has 2 heterocycles. The Hall–Kier alpha value is -3.78. The normalized spacial score (nSPS) is 14.6. The molecular weight excluding hydrogens is 474 g/mol. The van der Waals surface area contributed by atoms with Crippen LogP contribution in [-0.4, -0.2) is 40.5 Å². The third-order valence-corrected chi connectivity index (χ3v) is 7.00. The maximum atomic E-state index is 13.5. The van der Waals surface area contributed by atoms with Crippen LogP contribution in [0.2, 0.25) is 0 Å². The number of carbonyl (C=O) groups excluding carboxylic acids is 1. The van der Waals surface area contributed by atoms with Crippen molar-refractivity contribution in [3.05, 3.63) is 88.7 Å². The molecular formula is C28H27N3O4S. The number of fused-ring (bicyclic) bond motifs is 2. The highest BCUT2D eigenvalue weighted by Gasteiger charge is 2.24. The molecule has 1 atom stereocenters. The van der Waals surface area contributed by atoms with Gasteiger partial charge in [0.15, 0.2) is 22.8 Å². The molecule has 0 N–H and O–H groups in total. The summed E-state index contributed by atoms with van der Waals surface area (Å²) >= 11 is 1.27. The van der Waals surface area contributed by atoms with Gasteiger partial charge in [-0.3, -0.25) is 14.2 Å². The largest absolute Gasteiger partial charge is 0.486 e. The van der Waals surface area contributed by atoms with E-state index in [1.807, 2.05) is 80.6 Å². The number of aromatic nitrogens is 2. The quantitative estimate of drug-likeness (QED) is 0.270. The Bertz CT molecular complexity index is 1470. The number of carbonyl (C=O) groups is 1. The Morgan fingerprint density at radius 3 is 2.67 bits per heavy atom. The van der Waals surface area contributed by atoms with Gasteiger partial charge >= 0.3 is 0 Å². The number of benzene rings is 3. The van der Waals surface area contributed by atoms with Crippen LogP contribution in [0.5, 0.6) is 11.5 Å². The summed E-state index contributed by atoms with van der Waals surface area (Å²) in [6.45, 7) is 5.08. The molecule has 0 spiro atoms. The van der Waals surface area contributed by atoms with Gasteiger partial charge in [-0.1, -0.05) is 48.2 Å². The average molecular weight is 502 g/mol. The third kappa shape index (κ3) is 4.95. The lowest BCUT2D eigenvalue weighted by Gasteiger charge is -2.27. The zero-order valence-electron chi connectivity index (χ0n) is 20.2. The van der Waals surface area contributed by atoms with Gasteiger partial charge in [0.1, 0.15) is 6.61 Å². The minimum absolute atomic E-state index is 0.0479. The zero-order valence-corrected chi connectivity index (χ0v) is 21.0. The number of anilines is 1. The highest BCUT2D eigenvalue weighted by Crippen LogP contribution is 2.31. The van der Waals surface area contributed by atoms with Crippen LogP contribution in [0.1, 0.15) is 12.5 Å². The summed E-state index contributed by atoms with van der Waals surface area (Å²) in [5, 5.41) is 1.01. The Balaban J connectivity index is 1.41. The topological polar surface area (TPSA) is 73.7 Å². The van der Waals surface area contributed by atoms with E-state index in [4.69, 9.17) is 14.5 Å². The molecule has 5 rings (SSSR count). The Labute approximate surface area is 213 Å². The van der Waals surface area contributed by atoms with Gasteiger partial charge in [0.2, 0.25) is 5.91 Å². The van der Waals surface area contributed by atoms with E-state index < -0.39 is 0 Å². The van der Waals surface area contributed by atoms with Crippen molar-refractivity contribution < 1.29 is 14.3 Å². The number of hydrogen-bond acceptors (Lipinski definition) is 6. The number of nitrogens with zero attached hydrogens (tertiary/aromatic N) is 3. The lowest BCUT2D eigenvalue weighted by Crippen LogP contribution is -2.38. The van der Waals surface area contributed by atoms with Gasteiger partial charge in [-0.05, 0) is 55.8 Å². The fourth-order valence-electron chi connectivity index (χ4n) is 4.28. The number of thioether (sulfide) groups is 1. The molecule has 0 bridgehead atoms. The molecule has 1 amide bonds. The number of hydrogen-bond donors (Lipinski definition) is 0. The first-order chi connectivity index (χ1) is 17.5. The van der Waals surface area contributed by atoms with E-state index in [0.717, 1.165) is 11.3 Å². The van der Waals surface area contributed by atoms with Gasteiger partial charge < -0.3 is 14.4 Å². The second-order valence-electron chi connectivity index (χ2n) is 8.59. The second-order valence-corrected chi connectivity index (χ2v) is 9.53. The molecule has 1 aliphatic rings. The van der Waals surface area contributed by atoms with Crippen LogP contribution in [0.15, 0.2) is 82.7 Å². The van der Waals surface area contributed by atoms with Crippen molar-refractivity contribution in [2.45, 2.75) is 31.7 Å². The standard InChI is InChI=1S/C28H27N3O4S/c1-3-30(20-10-8-9-19(2)15-20)26(32)18-36-28-29-23-12-5-4-11-22(23)27(33)31(28)16-21-17-34-24-13-6-7-14-25(24)35-21/h4-15,21H,3,16-18H2,1-2H3. The molecule has 0 aliphatic carbocycles. The van der Waals surface area contributed by atoms with Crippen LogP contribution in [0.4, 0.5) is 5.69 Å². The van der Waals surface area contributed by atoms with E-state index in [2.05, 4.69) is 0 Å². The van der Waals surface area contributed by atoms with Gasteiger partial charge in [0, 0.05) is 12.2 Å². The SMILES string of the molecule is CCN(C(=O)CSc1nc2ccccc2c(=O)n1CC1COc2ccccc2O1)c1cccc(C)c1. The maximum absolute atomic E-state index is 13.5. The zero-order chi connectivity index (χ0) is 25.1. The highest BCUT2D eigenvalue weighted by atomic mass is 32.2. The summed E-state index contributed by atoms with van der Waals surface area (Å²) in [4.78, 5) is 33.2. The third-order valence-electron chi connectivity index (χ3n) is 6.04. The number of aryl methyl sites for hydroxylation is 1. The van der Waals surface area contributed by atoms with E-state index in [-0.39, 0.29) is 29.9 Å². The number of rotatable bonds is 7.